The van der Waals surface area contributed by atoms with Crippen LogP contribution in [0.15, 0.2) is 48.5 Å². The molecule has 6 heteroatoms. The van der Waals surface area contributed by atoms with E-state index in [4.69, 9.17) is 11.6 Å². The van der Waals surface area contributed by atoms with Crippen LogP contribution in [0.5, 0.6) is 0 Å². The third-order valence-electron chi connectivity index (χ3n) is 4.26. The molecule has 0 unspecified atom stereocenters. The fourth-order valence-corrected chi connectivity index (χ4v) is 3.01. The number of carbonyl (C=O) groups excluding carboxylic acids is 2. The summed E-state index contributed by atoms with van der Waals surface area (Å²) in [5.41, 5.74) is 1.70. The highest BCUT2D eigenvalue weighted by Crippen LogP contribution is 2.26. The highest BCUT2D eigenvalue weighted by Gasteiger charge is 2.34. The molecule has 0 bridgehead atoms. The van der Waals surface area contributed by atoms with Gasteiger partial charge in [0.15, 0.2) is 0 Å². The summed E-state index contributed by atoms with van der Waals surface area (Å²) in [7, 11) is 0. The normalized spacial score (nSPS) is 17.0. The molecule has 2 aromatic carbocycles. The van der Waals surface area contributed by atoms with Gasteiger partial charge in [-0.15, -0.1) is 0 Å². The quantitative estimate of drug-likeness (QED) is 0.890. The Morgan fingerprint density at radius 2 is 1.84 bits per heavy atom. The van der Waals surface area contributed by atoms with E-state index in [1.807, 2.05) is 0 Å². The van der Waals surface area contributed by atoms with Crippen LogP contribution in [0.1, 0.15) is 12.0 Å². The second-order valence-electron chi connectivity index (χ2n) is 6.05. The van der Waals surface area contributed by atoms with Gasteiger partial charge in [0.1, 0.15) is 5.82 Å². The first-order valence-corrected chi connectivity index (χ1v) is 8.49. The molecule has 1 heterocycles. The van der Waals surface area contributed by atoms with Gasteiger partial charge in [-0.1, -0.05) is 23.7 Å². The number of amides is 2. The molecule has 1 saturated heterocycles. The van der Waals surface area contributed by atoms with Gasteiger partial charge in [-0.2, -0.15) is 0 Å². The molecule has 0 spiro atoms. The summed E-state index contributed by atoms with van der Waals surface area (Å²) in [5, 5.41) is 3.46. The molecular weight excluding hydrogens is 343 g/mol. The van der Waals surface area contributed by atoms with Crippen molar-refractivity contribution >= 4 is 29.1 Å². The smallest absolute Gasteiger partial charge is 0.227 e. The van der Waals surface area contributed by atoms with Crippen LogP contribution in [0.3, 0.4) is 0 Å². The molecule has 3 rings (SSSR count). The van der Waals surface area contributed by atoms with Crippen LogP contribution in [0.2, 0.25) is 5.02 Å². The minimum Gasteiger partial charge on any atom is -0.355 e. The van der Waals surface area contributed by atoms with E-state index in [2.05, 4.69) is 5.32 Å². The molecule has 1 N–H and O–H groups in total. The van der Waals surface area contributed by atoms with Crippen molar-refractivity contribution in [2.24, 2.45) is 5.92 Å². The Morgan fingerprint density at radius 1 is 1.16 bits per heavy atom. The van der Waals surface area contributed by atoms with Crippen molar-refractivity contribution in [1.82, 2.24) is 5.32 Å². The van der Waals surface area contributed by atoms with Gasteiger partial charge in [0.2, 0.25) is 11.8 Å². The van der Waals surface area contributed by atoms with Gasteiger partial charge in [0.25, 0.3) is 0 Å². The highest BCUT2D eigenvalue weighted by atomic mass is 35.5. The van der Waals surface area contributed by atoms with Crippen LogP contribution < -0.4 is 10.2 Å². The van der Waals surface area contributed by atoms with Crippen LogP contribution in [-0.4, -0.2) is 24.9 Å². The molecule has 25 heavy (non-hydrogen) atoms. The lowest BCUT2D eigenvalue weighted by molar-refractivity contribution is -0.126. The van der Waals surface area contributed by atoms with Gasteiger partial charge in [-0.25, -0.2) is 4.39 Å². The first-order chi connectivity index (χ1) is 12.0. The summed E-state index contributed by atoms with van der Waals surface area (Å²) in [4.78, 5) is 26.1. The van der Waals surface area contributed by atoms with Crippen LogP contribution in [0.25, 0.3) is 0 Å². The zero-order valence-corrected chi connectivity index (χ0v) is 14.3. The maximum atomic E-state index is 12.9. The number of nitrogens with one attached hydrogen (secondary N) is 1. The van der Waals surface area contributed by atoms with Gasteiger partial charge < -0.3 is 10.2 Å². The number of nitrogens with zero attached hydrogens (tertiary/aromatic N) is 1. The van der Waals surface area contributed by atoms with E-state index in [9.17, 15) is 14.0 Å². The van der Waals surface area contributed by atoms with Crippen LogP contribution in [0, 0.1) is 11.7 Å². The second-order valence-corrected chi connectivity index (χ2v) is 6.49. The molecule has 0 radical (unpaired) electrons. The zero-order valence-electron chi connectivity index (χ0n) is 13.5. The Balaban J connectivity index is 1.52. The molecule has 2 amide bonds. The van der Waals surface area contributed by atoms with Gasteiger partial charge in [-0.05, 0) is 48.4 Å². The Labute approximate surface area is 150 Å². The highest BCUT2D eigenvalue weighted by molar-refractivity contribution is 6.30. The third kappa shape index (κ3) is 4.37. The predicted octanol–water partition coefficient (Wildman–Crippen LogP) is 3.19. The van der Waals surface area contributed by atoms with Crippen LogP contribution in [-0.2, 0) is 16.0 Å². The van der Waals surface area contributed by atoms with Crippen molar-refractivity contribution in [3.05, 3.63) is 64.9 Å². The van der Waals surface area contributed by atoms with E-state index in [1.54, 1.807) is 41.3 Å². The standard InChI is InChI=1S/C19H18ClFN2O2/c20-15-3-7-17(8-4-15)23-12-14(11-18(23)24)19(25)22-10-9-13-1-5-16(21)6-2-13/h1-8,14H,9-12H2,(H,22,25)/t14-/m1/s1. The van der Waals surface area contributed by atoms with Crippen LogP contribution >= 0.6 is 11.6 Å². The summed E-state index contributed by atoms with van der Waals surface area (Å²) in [6.07, 6.45) is 0.818. The van der Waals surface area contributed by atoms with Crippen LogP contribution in [0.4, 0.5) is 10.1 Å². The van der Waals surface area contributed by atoms with Gasteiger partial charge in [0, 0.05) is 30.2 Å². The van der Waals surface area contributed by atoms with E-state index in [1.165, 1.54) is 12.1 Å². The van der Waals surface area contributed by atoms with E-state index in [-0.39, 0.29) is 30.0 Å². The maximum absolute atomic E-state index is 12.9. The number of halogens is 2. The van der Waals surface area contributed by atoms with Crippen molar-refractivity contribution in [3.8, 4) is 0 Å². The van der Waals surface area contributed by atoms with Crippen molar-refractivity contribution < 1.29 is 14.0 Å². The van der Waals surface area contributed by atoms with Crippen molar-refractivity contribution in [3.63, 3.8) is 0 Å². The average molecular weight is 361 g/mol. The molecule has 4 nitrogen and oxygen atoms in total. The number of hydrogen-bond donors (Lipinski definition) is 1. The van der Waals surface area contributed by atoms with E-state index in [0.717, 1.165) is 11.3 Å². The zero-order chi connectivity index (χ0) is 17.8. The minimum absolute atomic E-state index is 0.0685. The molecule has 1 aliphatic rings. The molecule has 1 fully saturated rings. The Kier molecular flexibility index (Phi) is 5.34. The summed E-state index contributed by atoms with van der Waals surface area (Å²) in [6, 6.07) is 13.2. The summed E-state index contributed by atoms with van der Waals surface area (Å²) < 4.78 is 12.9. The van der Waals surface area contributed by atoms with Gasteiger partial charge in [-0.3, -0.25) is 9.59 Å². The summed E-state index contributed by atoms with van der Waals surface area (Å²) >= 11 is 5.86. The first kappa shape index (κ1) is 17.4. The minimum atomic E-state index is -0.364. The average Bonchev–Trinajstić information content (AvgIpc) is 2.99. The molecule has 1 atom stereocenters. The summed E-state index contributed by atoms with van der Waals surface area (Å²) in [6.45, 7) is 0.818. The van der Waals surface area contributed by atoms with E-state index >= 15 is 0 Å². The Morgan fingerprint density at radius 3 is 2.52 bits per heavy atom. The first-order valence-electron chi connectivity index (χ1n) is 8.11. The monoisotopic (exact) mass is 360 g/mol. The number of rotatable bonds is 5. The van der Waals surface area contributed by atoms with Gasteiger partial charge >= 0.3 is 0 Å². The number of anilines is 1. The van der Waals surface area contributed by atoms with Crippen molar-refractivity contribution in [1.29, 1.82) is 0 Å². The lowest BCUT2D eigenvalue weighted by atomic mass is 10.1. The molecule has 1 aliphatic heterocycles. The molecular formula is C19H18ClFN2O2. The van der Waals surface area contributed by atoms with Crippen molar-refractivity contribution in [2.75, 3.05) is 18.0 Å². The maximum Gasteiger partial charge on any atom is 0.227 e. The Bertz CT molecular complexity index is 762. The number of hydrogen-bond acceptors (Lipinski definition) is 2. The number of carbonyl (C=O) groups is 2. The summed E-state index contributed by atoms with van der Waals surface area (Å²) in [5.74, 6) is -0.844. The topological polar surface area (TPSA) is 49.4 Å². The largest absolute Gasteiger partial charge is 0.355 e. The molecule has 0 aromatic heterocycles. The molecule has 0 saturated carbocycles. The number of benzene rings is 2. The molecule has 130 valence electrons. The fourth-order valence-electron chi connectivity index (χ4n) is 2.88. The Hall–Kier alpha value is -2.40. The third-order valence-corrected chi connectivity index (χ3v) is 4.51. The van der Waals surface area contributed by atoms with E-state index < -0.39 is 0 Å². The van der Waals surface area contributed by atoms with Gasteiger partial charge in [0.05, 0.1) is 5.92 Å². The predicted molar refractivity (Wildman–Crippen MR) is 95.0 cm³/mol. The lowest BCUT2D eigenvalue weighted by Gasteiger charge is -2.16. The fraction of sp³-hybridized carbons (Fsp3) is 0.263. The lowest BCUT2D eigenvalue weighted by Crippen LogP contribution is -2.34. The SMILES string of the molecule is O=C(NCCc1ccc(F)cc1)[C@@H]1CC(=O)N(c2ccc(Cl)cc2)C1. The van der Waals surface area contributed by atoms with E-state index in [0.29, 0.717) is 24.5 Å². The second kappa shape index (κ2) is 7.66. The molecule has 0 aliphatic carbocycles. The van der Waals surface area contributed by atoms with Crippen molar-refractivity contribution in [2.45, 2.75) is 12.8 Å². The molecule has 2 aromatic rings.